The standard InChI is InChI=1S/C16H23FN2O4/c1-10(15(20)21)9-19(3)16(22)18-11(2)5-12-6-13(17)8-14(7-12)23-4/h6-8,10-11H,5,9H2,1-4H3,(H,18,22)(H,20,21). The topological polar surface area (TPSA) is 78.9 Å². The largest absolute Gasteiger partial charge is 0.497 e. The van der Waals surface area contributed by atoms with Crippen LogP contribution < -0.4 is 10.1 Å². The predicted octanol–water partition coefficient (Wildman–Crippen LogP) is 2.13. The molecule has 1 rings (SSSR count). The first-order valence-corrected chi connectivity index (χ1v) is 7.30. The number of rotatable bonds is 7. The molecule has 0 bridgehead atoms. The van der Waals surface area contributed by atoms with E-state index in [2.05, 4.69) is 5.32 Å². The molecule has 2 amide bonds. The average Bonchev–Trinajstić information content (AvgIpc) is 2.45. The number of methoxy groups -OCH3 is 1. The Morgan fingerprint density at radius 1 is 1.35 bits per heavy atom. The van der Waals surface area contributed by atoms with Gasteiger partial charge >= 0.3 is 12.0 Å². The molecule has 0 aliphatic heterocycles. The molecule has 0 heterocycles. The Morgan fingerprint density at radius 2 is 2.00 bits per heavy atom. The van der Waals surface area contributed by atoms with Crippen LogP contribution in [0.15, 0.2) is 18.2 Å². The van der Waals surface area contributed by atoms with Gasteiger partial charge in [-0.25, -0.2) is 9.18 Å². The summed E-state index contributed by atoms with van der Waals surface area (Å²) in [5.41, 5.74) is 0.705. The molecule has 0 aromatic heterocycles. The minimum atomic E-state index is -0.954. The summed E-state index contributed by atoms with van der Waals surface area (Å²) in [6.07, 6.45) is 0.433. The molecule has 0 spiro atoms. The third kappa shape index (κ3) is 6.14. The van der Waals surface area contributed by atoms with Crippen LogP contribution in [0.25, 0.3) is 0 Å². The summed E-state index contributed by atoms with van der Waals surface area (Å²) in [5, 5.41) is 11.6. The second kappa shape index (κ2) is 8.36. The van der Waals surface area contributed by atoms with Crippen LogP contribution in [-0.4, -0.2) is 48.8 Å². The molecule has 7 heteroatoms. The van der Waals surface area contributed by atoms with Crippen LogP contribution in [0.3, 0.4) is 0 Å². The molecule has 23 heavy (non-hydrogen) atoms. The number of nitrogens with zero attached hydrogens (tertiary/aromatic N) is 1. The zero-order valence-corrected chi connectivity index (χ0v) is 13.8. The van der Waals surface area contributed by atoms with Crippen LogP contribution in [0.4, 0.5) is 9.18 Å². The number of halogens is 1. The summed E-state index contributed by atoms with van der Waals surface area (Å²) in [4.78, 5) is 24.1. The number of ether oxygens (including phenoxy) is 1. The molecule has 0 saturated carbocycles. The van der Waals surface area contributed by atoms with E-state index in [1.165, 1.54) is 38.1 Å². The van der Waals surface area contributed by atoms with E-state index in [0.717, 1.165) is 0 Å². The van der Waals surface area contributed by atoms with E-state index in [0.29, 0.717) is 17.7 Å². The van der Waals surface area contributed by atoms with Gasteiger partial charge in [0.1, 0.15) is 11.6 Å². The smallest absolute Gasteiger partial charge is 0.317 e. The van der Waals surface area contributed by atoms with E-state index in [1.807, 2.05) is 0 Å². The van der Waals surface area contributed by atoms with E-state index >= 15 is 0 Å². The maximum Gasteiger partial charge on any atom is 0.317 e. The number of urea groups is 1. The normalized spacial score (nSPS) is 13.1. The molecular weight excluding hydrogens is 303 g/mol. The number of hydrogen-bond acceptors (Lipinski definition) is 3. The van der Waals surface area contributed by atoms with Crippen LogP contribution in [-0.2, 0) is 11.2 Å². The summed E-state index contributed by atoms with van der Waals surface area (Å²) in [6, 6.07) is 3.78. The van der Waals surface area contributed by atoms with E-state index in [9.17, 15) is 14.0 Å². The second-order valence-electron chi connectivity index (χ2n) is 5.67. The lowest BCUT2D eigenvalue weighted by Gasteiger charge is -2.23. The Kier molecular flexibility index (Phi) is 6.81. The number of carboxylic acids is 1. The summed E-state index contributed by atoms with van der Waals surface area (Å²) >= 11 is 0. The number of amides is 2. The minimum absolute atomic E-state index is 0.113. The van der Waals surface area contributed by atoms with Crippen molar-refractivity contribution >= 4 is 12.0 Å². The van der Waals surface area contributed by atoms with Crippen molar-refractivity contribution in [2.75, 3.05) is 20.7 Å². The molecule has 0 radical (unpaired) electrons. The number of benzene rings is 1. The van der Waals surface area contributed by atoms with E-state index in [4.69, 9.17) is 9.84 Å². The SMILES string of the molecule is COc1cc(F)cc(CC(C)NC(=O)N(C)CC(C)C(=O)O)c1. The van der Waals surface area contributed by atoms with Gasteiger partial charge in [-0.3, -0.25) is 4.79 Å². The van der Waals surface area contributed by atoms with Gasteiger partial charge in [-0.2, -0.15) is 0 Å². The van der Waals surface area contributed by atoms with Crippen LogP contribution in [0.5, 0.6) is 5.75 Å². The first-order valence-electron chi connectivity index (χ1n) is 7.30. The van der Waals surface area contributed by atoms with Crippen LogP contribution in [0, 0.1) is 11.7 Å². The number of carboxylic acid groups (broad SMARTS) is 1. The van der Waals surface area contributed by atoms with Gasteiger partial charge in [0.25, 0.3) is 0 Å². The molecule has 0 aliphatic carbocycles. The van der Waals surface area contributed by atoms with E-state index < -0.39 is 17.7 Å². The molecule has 128 valence electrons. The third-order valence-corrected chi connectivity index (χ3v) is 3.39. The zero-order chi connectivity index (χ0) is 17.6. The second-order valence-corrected chi connectivity index (χ2v) is 5.67. The van der Waals surface area contributed by atoms with Crippen LogP contribution >= 0.6 is 0 Å². The van der Waals surface area contributed by atoms with Crippen LogP contribution in [0.1, 0.15) is 19.4 Å². The third-order valence-electron chi connectivity index (χ3n) is 3.39. The van der Waals surface area contributed by atoms with Crippen molar-refractivity contribution in [3.8, 4) is 5.75 Å². The Balaban J connectivity index is 2.58. The summed E-state index contributed by atoms with van der Waals surface area (Å²) < 4.78 is 18.5. The fourth-order valence-electron chi connectivity index (χ4n) is 2.15. The lowest BCUT2D eigenvalue weighted by Crippen LogP contribution is -2.44. The average molecular weight is 326 g/mol. The van der Waals surface area contributed by atoms with Crippen molar-refractivity contribution < 1.29 is 23.8 Å². The van der Waals surface area contributed by atoms with Gasteiger partial charge in [-0.1, -0.05) is 6.92 Å². The Morgan fingerprint density at radius 3 is 2.57 bits per heavy atom. The van der Waals surface area contributed by atoms with Gasteiger partial charge in [0.05, 0.1) is 13.0 Å². The maximum atomic E-state index is 13.4. The fourth-order valence-corrected chi connectivity index (χ4v) is 2.15. The van der Waals surface area contributed by atoms with Gasteiger partial charge in [0.2, 0.25) is 0 Å². The summed E-state index contributed by atoms with van der Waals surface area (Å²) in [6.45, 7) is 3.44. The Labute approximate surface area is 135 Å². The molecule has 2 atom stereocenters. The zero-order valence-electron chi connectivity index (χ0n) is 13.8. The molecule has 6 nitrogen and oxygen atoms in total. The molecule has 1 aromatic rings. The van der Waals surface area contributed by atoms with Crippen molar-refractivity contribution in [2.45, 2.75) is 26.3 Å². The van der Waals surface area contributed by atoms with Gasteiger partial charge < -0.3 is 20.1 Å². The number of aliphatic carboxylic acids is 1. The number of hydrogen-bond donors (Lipinski definition) is 2. The molecule has 0 fully saturated rings. The van der Waals surface area contributed by atoms with Crippen molar-refractivity contribution in [2.24, 2.45) is 5.92 Å². The molecule has 2 unspecified atom stereocenters. The van der Waals surface area contributed by atoms with Crippen molar-refractivity contribution in [1.82, 2.24) is 10.2 Å². The molecular formula is C16H23FN2O4. The van der Waals surface area contributed by atoms with Gasteiger partial charge in [-0.15, -0.1) is 0 Å². The van der Waals surface area contributed by atoms with Gasteiger partial charge in [0.15, 0.2) is 0 Å². The first kappa shape index (κ1) is 18.7. The Bertz CT molecular complexity index is 565. The fraction of sp³-hybridized carbons (Fsp3) is 0.500. The Hall–Kier alpha value is -2.31. The van der Waals surface area contributed by atoms with E-state index in [1.54, 1.807) is 13.0 Å². The van der Waals surface area contributed by atoms with Crippen molar-refractivity contribution in [3.05, 3.63) is 29.6 Å². The van der Waals surface area contributed by atoms with Gasteiger partial charge in [-0.05, 0) is 31.0 Å². The quantitative estimate of drug-likeness (QED) is 0.804. The lowest BCUT2D eigenvalue weighted by molar-refractivity contribution is -0.141. The highest BCUT2D eigenvalue weighted by Gasteiger charge is 2.18. The van der Waals surface area contributed by atoms with Gasteiger partial charge in [0, 0.05) is 25.7 Å². The number of nitrogens with one attached hydrogen (secondary N) is 1. The van der Waals surface area contributed by atoms with Crippen molar-refractivity contribution in [1.29, 1.82) is 0 Å². The highest BCUT2D eigenvalue weighted by atomic mass is 19.1. The molecule has 0 saturated heterocycles. The van der Waals surface area contributed by atoms with E-state index in [-0.39, 0.29) is 18.6 Å². The molecule has 1 aromatic carbocycles. The summed E-state index contributed by atoms with van der Waals surface area (Å²) in [5.74, 6) is -1.57. The monoisotopic (exact) mass is 326 g/mol. The van der Waals surface area contributed by atoms with Crippen molar-refractivity contribution in [3.63, 3.8) is 0 Å². The molecule has 0 aliphatic rings. The highest BCUT2D eigenvalue weighted by Crippen LogP contribution is 2.17. The maximum absolute atomic E-state index is 13.4. The first-order chi connectivity index (χ1) is 10.7. The van der Waals surface area contributed by atoms with Crippen LogP contribution in [0.2, 0.25) is 0 Å². The molecule has 2 N–H and O–H groups in total. The number of carbonyl (C=O) groups is 2. The predicted molar refractivity (Wildman–Crippen MR) is 84.1 cm³/mol. The number of carbonyl (C=O) groups excluding carboxylic acids is 1. The minimum Gasteiger partial charge on any atom is -0.497 e. The highest BCUT2D eigenvalue weighted by molar-refractivity contribution is 5.76. The lowest BCUT2D eigenvalue weighted by atomic mass is 10.1. The summed E-state index contributed by atoms with van der Waals surface area (Å²) in [7, 11) is 3.00.